The van der Waals surface area contributed by atoms with Gasteiger partial charge < -0.3 is 0 Å². The van der Waals surface area contributed by atoms with E-state index in [0.717, 1.165) is 24.1 Å². The van der Waals surface area contributed by atoms with Crippen LogP contribution in [0.3, 0.4) is 0 Å². The molecule has 0 atom stereocenters. The Morgan fingerprint density at radius 2 is 2.33 bits per heavy atom. The highest BCUT2D eigenvalue weighted by Gasteiger charge is 2.14. The van der Waals surface area contributed by atoms with Crippen molar-refractivity contribution in [3.05, 3.63) is 27.7 Å². The number of H-pyrrole nitrogens is 1. The number of nitrogens with one attached hydrogen (secondary N) is 2. The van der Waals surface area contributed by atoms with E-state index in [1.165, 1.54) is 16.8 Å². The minimum atomic E-state index is -0.131. The average molecular weight is 264 g/mol. The summed E-state index contributed by atoms with van der Waals surface area (Å²) in [6.45, 7) is 4.26. The maximum Gasteiger partial charge on any atom is 0.268 e. The van der Waals surface area contributed by atoms with Gasteiger partial charge in [-0.1, -0.05) is 20.3 Å². The molecule has 0 radical (unpaired) electrons. The fourth-order valence-corrected chi connectivity index (χ4v) is 3.00. The molecule has 6 heteroatoms. The van der Waals surface area contributed by atoms with Crippen LogP contribution in [-0.4, -0.2) is 21.1 Å². The Morgan fingerprint density at radius 3 is 2.94 bits per heavy atom. The fourth-order valence-electron chi connectivity index (χ4n) is 1.75. The van der Waals surface area contributed by atoms with Gasteiger partial charge in [0, 0.05) is 4.88 Å². The number of carbonyl (C=O) groups excluding carboxylic acids is 1. The number of aromatic nitrogens is 3. The second-order valence-corrected chi connectivity index (χ2v) is 5.09. The first kappa shape index (κ1) is 12.8. The van der Waals surface area contributed by atoms with Gasteiger partial charge in [0.2, 0.25) is 5.95 Å². The first-order chi connectivity index (χ1) is 8.74. The van der Waals surface area contributed by atoms with Crippen LogP contribution in [-0.2, 0) is 12.8 Å². The van der Waals surface area contributed by atoms with Crippen LogP contribution in [0.1, 0.15) is 40.4 Å². The Kier molecular flexibility index (Phi) is 4.09. The molecule has 2 rings (SSSR count). The second kappa shape index (κ2) is 5.77. The van der Waals surface area contributed by atoms with Crippen molar-refractivity contribution in [3.8, 4) is 0 Å². The highest BCUT2D eigenvalue weighted by Crippen LogP contribution is 2.25. The largest absolute Gasteiger partial charge is 0.290 e. The smallest absolute Gasteiger partial charge is 0.268 e. The van der Waals surface area contributed by atoms with E-state index in [2.05, 4.69) is 34.3 Å². The Hall–Kier alpha value is -1.69. The van der Waals surface area contributed by atoms with Gasteiger partial charge in [-0.15, -0.1) is 11.3 Å². The van der Waals surface area contributed by atoms with Crippen LogP contribution >= 0.6 is 11.3 Å². The van der Waals surface area contributed by atoms with E-state index in [1.807, 2.05) is 6.07 Å². The van der Waals surface area contributed by atoms with Crippen LogP contribution in [0.4, 0.5) is 5.95 Å². The number of rotatable bonds is 5. The Labute approximate surface area is 110 Å². The minimum absolute atomic E-state index is 0.131. The maximum atomic E-state index is 12.0. The number of hydrogen-bond donors (Lipinski definition) is 2. The summed E-state index contributed by atoms with van der Waals surface area (Å²) in [7, 11) is 0. The number of thiophene rings is 1. The predicted molar refractivity (Wildman–Crippen MR) is 72.0 cm³/mol. The Balaban J connectivity index is 2.15. The molecule has 0 saturated carbocycles. The minimum Gasteiger partial charge on any atom is -0.290 e. The lowest BCUT2D eigenvalue weighted by Crippen LogP contribution is -2.11. The zero-order valence-corrected chi connectivity index (χ0v) is 11.3. The molecule has 0 aliphatic carbocycles. The molecule has 0 saturated heterocycles. The summed E-state index contributed by atoms with van der Waals surface area (Å²) in [6.07, 6.45) is 4.45. The average Bonchev–Trinajstić information content (AvgIpc) is 2.98. The topological polar surface area (TPSA) is 70.7 Å². The Bertz CT molecular complexity index is 518. The van der Waals surface area contributed by atoms with Crippen LogP contribution < -0.4 is 5.32 Å². The van der Waals surface area contributed by atoms with Crippen molar-refractivity contribution >= 4 is 23.2 Å². The van der Waals surface area contributed by atoms with Gasteiger partial charge in [-0.3, -0.25) is 10.1 Å². The van der Waals surface area contributed by atoms with E-state index in [0.29, 0.717) is 5.95 Å². The molecule has 96 valence electrons. The van der Waals surface area contributed by atoms with Gasteiger partial charge in [-0.2, -0.15) is 10.1 Å². The molecular weight excluding hydrogens is 248 g/mol. The zero-order chi connectivity index (χ0) is 13.0. The van der Waals surface area contributed by atoms with Crippen LogP contribution in [0.2, 0.25) is 0 Å². The number of nitrogens with zero attached hydrogens (tertiary/aromatic N) is 2. The standard InChI is InChI=1S/C12H16N4OS/c1-3-5-9-8(4-2)6-10(18-9)11(17)15-12-13-7-14-16-12/h6-7H,3-5H2,1-2H3,(H2,13,14,15,16,17). The molecule has 0 fully saturated rings. The molecule has 2 heterocycles. The SMILES string of the molecule is CCCc1sc(C(=O)Nc2ncn[nH]2)cc1CC. The van der Waals surface area contributed by atoms with Crippen LogP contribution in [0, 0.1) is 0 Å². The molecule has 0 aliphatic heterocycles. The molecule has 0 bridgehead atoms. The number of anilines is 1. The molecule has 2 aromatic rings. The lowest BCUT2D eigenvalue weighted by atomic mass is 10.1. The highest BCUT2D eigenvalue weighted by molar-refractivity contribution is 7.14. The Morgan fingerprint density at radius 1 is 1.50 bits per heavy atom. The van der Waals surface area contributed by atoms with Gasteiger partial charge >= 0.3 is 0 Å². The number of amides is 1. The molecule has 0 unspecified atom stereocenters. The molecule has 2 N–H and O–H groups in total. The monoisotopic (exact) mass is 264 g/mol. The lowest BCUT2D eigenvalue weighted by molar-refractivity contribution is 0.102. The summed E-state index contributed by atoms with van der Waals surface area (Å²) in [5.41, 5.74) is 1.27. The molecule has 0 spiro atoms. The van der Waals surface area contributed by atoms with Crippen molar-refractivity contribution < 1.29 is 4.79 Å². The summed E-state index contributed by atoms with van der Waals surface area (Å²) in [5.74, 6) is 0.247. The third-order valence-corrected chi connectivity index (χ3v) is 3.86. The second-order valence-electron chi connectivity index (χ2n) is 3.95. The van der Waals surface area contributed by atoms with Gasteiger partial charge in [-0.05, 0) is 24.5 Å². The quantitative estimate of drug-likeness (QED) is 0.872. The van der Waals surface area contributed by atoms with E-state index in [4.69, 9.17) is 0 Å². The van der Waals surface area contributed by atoms with Crippen LogP contribution in [0.15, 0.2) is 12.4 Å². The first-order valence-electron chi connectivity index (χ1n) is 6.02. The molecule has 0 aromatic carbocycles. The molecule has 5 nitrogen and oxygen atoms in total. The normalized spacial score (nSPS) is 10.6. The highest BCUT2D eigenvalue weighted by atomic mass is 32.1. The fraction of sp³-hybridized carbons (Fsp3) is 0.417. The summed E-state index contributed by atoms with van der Waals surface area (Å²) < 4.78 is 0. The molecule has 0 aliphatic rings. The van der Waals surface area contributed by atoms with E-state index in [9.17, 15) is 4.79 Å². The third-order valence-electron chi connectivity index (χ3n) is 2.63. The van der Waals surface area contributed by atoms with Crippen molar-refractivity contribution in [2.45, 2.75) is 33.1 Å². The third kappa shape index (κ3) is 2.76. The van der Waals surface area contributed by atoms with Crippen LogP contribution in [0.25, 0.3) is 0 Å². The van der Waals surface area contributed by atoms with Crippen molar-refractivity contribution in [1.82, 2.24) is 15.2 Å². The predicted octanol–water partition coefficient (Wildman–Crippen LogP) is 2.63. The number of aromatic amines is 1. The summed E-state index contributed by atoms with van der Waals surface area (Å²) in [5, 5.41) is 8.99. The molecule has 2 aromatic heterocycles. The van der Waals surface area contributed by atoms with Crippen molar-refractivity contribution in [3.63, 3.8) is 0 Å². The van der Waals surface area contributed by atoms with Crippen molar-refractivity contribution in [2.75, 3.05) is 5.32 Å². The van der Waals surface area contributed by atoms with E-state index in [-0.39, 0.29) is 5.91 Å². The summed E-state index contributed by atoms with van der Waals surface area (Å²) in [4.78, 5) is 17.9. The van der Waals surface area contributed by atoms with Gasteiger partial charge in [0.05, 0.1) is 4.88 Å². The molecule has 1 amide bonds. The first-order valence-corrected chi connectivity index (χ1v) is 6.84. The number of carbonyl (C=O) groups is 1. The van der Waals surface area contributed by atoms with E-state index >= 15 is 0 Å². The van der Waals surface area contributed by atoms with Gasteiger partial charge in [0.1, 0.15) is 6.33 Å². The molecular formula is C12H16N4OS. The van der Waals surface area contributed by atoms with E-state index in [1.54, 1.807) is 11.3 Å². The van der Waals surface area contributed by atoms with Gasteiger partial charge in [0.15, 0.2) is 0 Å². The summed E-state index contributed by atoms with van der Waals surface area (Å²) >= 11 is 1.56. The lowest BCUT2D eigenvalue weighted by Gasteiger charge is -1.97. The number of aryl methyl sites for hydroxylation is 2. The van der Waals surface area contributed by atoms with Crippen LogP contribution in [0.5, 0.6) is 0 Å². The van der Waals surface area contributed by atoms with E-state index < -0.39 is 0 Å². The maximum absolute atomic E-state index is 12.0. The van der Waals surface area contributed by atoms with Gasteiger partial charge in [0.25, 0.3) is 5.91 Å². The van der Waals surface area contributed by atoms with Crippen molar-refractivity contribution in [1.29, 1.82) is 0 Å². The van der Waals surface area contributed by atoms with Gasteiger partial charge in [-0.25, -0.2) is 5.10 Å². The summed E-state index contributed by atoms with van der Waals surface area (Å²) in [6, 6.07) is 1.97. The van der Waals surface area contributed by atoms with Crippen molar-refractivity contribution in [2.24, 2.45) is 0 Å². The zero-order valence-electron chi connectivity index (χ0n) is 10.5. The molecule has 18 heavy (non-hydrogen) atoms. The number of hydrogen-bond acceptors (Lipinski definition) is 4.